The molecular formula is C8H8Cl2N2O5S. The first-order chi connectivity index (χ1) is 8.31. The first-order valence-corrected chi connectivity index (χ1v) is 6.66. The maximum Gasteiger partial charge on any atom is 0.289 e. The number of rotatable bonds is 5. The number of nitro benzene ring substituents is 1. The molecule has 1 rings (SSSR count). The Balaban J connectivity index is 3.40. The Bertz CT molecular complexity index is 575. The summed E-state index contributed by atoms with van der Waals surface area (Å²) in [4.78, 5) is 9.32. The summed E-state index contributed by atoms with van der Waals surface area (Å²) in [5, 5.41) is 9.91. The highest BCUT2D eigenvalue weighted by Crippen LogP contribution is 2.36. The van der Waals surface area contributed by atoms with Crippen molar-refractivity contribution in [2.24, 2.45) is 0 Å². The van der Waals surface area contributed by atoms with Gasteiger partial charge in [-0.15, -0.1) is 0 Å². The van der Waals surface area contributed by atoms with Crippen LogP contribution in [0.1, 0.15) is 0 Å². The first-order valence-electron chi connectivity index (χ1n) is 4.42. The second-order valence-corrected chi connectivity index (χ2v) is 5.54. The van der Waals surface area contributed by atoms with Gasteiger partial charge in [-0.25, -0.2) is 8.42 Å². The van der Waals surface area contributed by atoms with Crippen molar-refractivity contribution in [3.8, 4) is 0 Å². The molecule has 0 aliphatic heterocycles. The van der Waals surface area contributed by atoms with Crippen molar-refractivity contribution in [3.63, 3.8) is 0 Å². The van der Waals surface area contributed by atoms with E-state index in [1.165, 1.54) is 7.11 Å². The van der Waals surface area contributed by atoms with Gasteiger partial charge in [0.2, 0.25) is 10.0 Å². The summed E-state index contributed by atoms with van der Waals surface area (Å²) in [6.07, 6.45) is 0. The summed E-state index contributed by atoms with van der Waals surface area (Å²) < 4.78 is 30.2. The molecule has 0 atom stereocenters. The minimum absolute atomic E-state index is 0.214. The van der Waals surface area contributed by atoms with Crippen molar-refractivity contribution in [1.29, 1.82) is 0 Å². The third kappa shape index (κ3) is 3.09. The standard InChI is InChI=1S/C8H8Cl2N2O5S/c1-17-4-11-18(15,16)8-5(9)2-3-6(7(8)10)12(13)14/h2-3,11H,4H2,1H3. The highest BCUT2D eigenvalue weighted by Gasteiger charge is 2.27. The predicted molar refractivity (Wildman–Crippen MR) is 65.3 cm³/mol. The summed E-state index contributed by atoms with van der Waals surface area (Å²) in [5.41, 5.74) is -0.543. The van der Waals surface area contributed by atoms with Gasteiger partial charge < -0.3 is 4.74 Å². The fourth-order valence-corrected chi connectivity index (χ4v) is 3.25. The fourth-order valence-electron chi connectivity index (χ4n) is 1.12. The second-order valence-electron chi connectivity index (χ2n) is 3.05. The maximum atomic E-state index is 11.8. The molecule has 0 aromatic heterocycles. The minimum atomic E-state index is -4.08. The molecule has 18 heavy (non-hydrogen) atoms. The van der Waals surface area contributed by atoms with E-state index in [0.717, 1.165) is 12.1 Å². The van der Waals surface area contributed by atoms with Crippen molar-refractivity contribution >= 4 is 38.9 Å². The largest absolute Gasteiger partial charge is 0.369 e. The lowest BCUT2D eigenvalue weighted by Gasteiger charge is -2.09. The van der Waals surface area contributed by atoms with Crippen LogP contribution in [0.15, 0.2) is 17.0 Å². The Labute approximate surface area is 113 Å². The Morgan fingerprint density at radius 3 is 2.56 bits per heavy atom. The monoisotopic (exact) mass is 314 g/mol. The first kappa shape index (κ1) is 15.1. The van der Waals surface area contributed by atoms with E-state index in [0.29, 0.717) is 0 Å². The lowest BCUT2D eigenvalue weighted by Crippen LogP contribution is -2.26. The SMILES string of the molecule is COCNS(=O)(=O)c1c(Cl)ccc([N+](=O)[O-])c1Cl. The number of methoxy groups -OCH3 is 1. The molecule has 7 nitrogen and oxygen atoms in total. The molecule has 0 amide bonds. The van der Waals surface area contributed by atoms with Gasteiger partial charge in [0.15, 0.2) is 0 Å². The van der Waals surface area contributed by atoms with Crippen LogP contribution in [0, 0.1) is 10.1 Å². The van der Waals surface area contributed by atoms with Crippen LogP contribution < -0.4 is 4.72 Å². The average molecular weight is 315 g/mol. The van der Waals surface area contributed by atoms with Gasteiger partial charge in [0.05, 0.1) is 9.95 Å². The zero-order chi connectivity index (χ0) is 13.9. The van der Waals surface area contributed by atoms with Crippen LogP contribution in [0.5, 0.6) is 0 Å². The fraction of sp³-hybridized carbons (Fsp3) is 0.250. The number of benzene rings is 1. The lowest BCUT2D eigenvalue weighted by atomic mass is 10.3. The van der Waals surface area contributed by atoms with Crippen LogP contribution in [0.4, 0.5) is 5.69 Å². The van der Waals surface area contributed by atoms with Gasteiger partial charge in [0.25, 0.3) is 5.69 Å². The molecule has 1 aromatic carbocycles. The zero-order valence-corrected chi connectivity index (χ0v) is 11.3. The molecule has 10 heteroatoms. The van der Waals surface area contributed by atoms with E-state index < -0.39 is 30.6 Å². The Morgan fingerprint density at radius 2 is 2.06 bits per heavy atom. The third-order valence-corrected chi connectivity index (χ3v) is 4.27. The number of nitro groups is 1. The maximum absolute atomic E-state index is 11.8. The van der Waals surface area contributed by atoms with Crippen molar-refractivity contribution in [3.05, 3.63) is 32.3 Å². The molecule has 0 spiro atoms. The third-order valence-electron chi connectivity index (χ3n) is 1.89. The van der Waals surface area contributed by atoms with Gasteiger partial charge in [0, 0.05) is 13.2 Å². The molecule has 1 N–H and O–H groups in total. The number of ether oxygens (including phenoxy) is 1. The normalized spacial score (nSPS) is 11.5. The van der Waals surface area contributed by atoms with Crippen molar-refractivity contribution < 1.29 is 18.1 Å². The van der Waals surface area contributed by atoms with Crippen molar-refractivity contribution in [1.82, 2.24) is 4.72 Å². The number of nitrogens with one attached hydrogen (secondary N) is 1. The average Bonchev–Trinajstić information content (AvgIpc) is 2.25. The number of hydrogen-bond acceptors (Lipinski definition) is 5. The van der Waals surface area contributed by atoms with Crippen molar-refractivity contribution in [2.75, 3.05) is 13.8 Å². The van der Waals surface area contributed by atoms with Crippen LogP contribution in [0.2, 0.25) is 10.0 Å². The smallest absolute Gasteiger partial charge is 0.289 e. The van der Waals surface area contributed by atoms with Gasteiger partial charge >= 0.3 is 0 Å². The van der Waals surface area contributed by atoms with E-state index in [-0.39, 0.29) is 11.8 Å². The van der Waals surface area contributed by atoms with E-state index in [2.05, 4.69) is 4.74 Å². The molecule has 0 heterocycles. The van der Waals surface area contributed by atoms with Crippen LogP contribution in [0.25, 0.3) is 0 Å². The minimum Gasteiger partial charge on any atom is -0.369 e. The summed E-state index contributed by atoms with van der Waals surface area (Å²) in [7, 11) is -2.81. The molecule has 0 bridgehead atoms. The summed E-state index contributed by atoms with van der Waals surface area (Å²) in [6.45, 7) is -0.308. The van der Waals surface area contributed by atoms with Gasteiger partial charge in [-0.2, -0.15) is 4.72 Å². The van der Waals surface area contributed by atoms with Gasteiger partial charge in [-0.1, -0.05) is 23.2 Å². The zero-order valence-electron chi connectivity index (χ0n) is 9.01. The van der Waals surface area contributed by atoms with E-state index in [4.69, 9.17) is 23.2 Å². The summed E-state index contributed by atoms with van der Waals surface area (Å²) in [6, 6.07) is 2.12. The molecule has 100 valence electrons. The molecule has 1 aromatic rings. The number of hydrogen-bond donors (Lipinski definition) is 1. The topological polar surface area (TPSA) is 98.5 Å². The lowest BCUT2D eigenvalue weighted by molar-refractivity contribution is -0.384. The Morgan fingerprint density at radius 1 is 1.44 bits per heavy atom. The Kier molecular flexibility index (Phi) is 4.88. The number of nitrogens with zero attached hydrogens (tertiary/aromatic N) is 1. The highest BCUT2D eigenvalue weighted by molar-refractivity contribution is 7.89. The van der Waals surface area contributed by atoms with Gasteiger partial charge in [-0.3, -0.25) is 10.1 Å². The summed E-state index contributed by atoms with van der Waals surface area (Å²) >= 11 is 11.4. The summed E-state index contributed by atoms with van der Waals surface area (Å²) in [5.74, 6) is 0. The highest BCUT2D eigenvalue weighted by atomic mass is 35.5. The van der Waals surface area contributed by atoms with E-state index >= 15 is 0 Å². The molecule has 0 aliphatic carbocycles. The molecule has 0 unspecified atom stereocenters. The van der Waals surface area contributed by atoms with Gasteiger partial charge in [0.1, 0.15) is 16.6 Å². The molecule has 0 fully saturated rings. The van der Waals surface area contributed by atoms with E-state index in [1.54, 1.807) is 0 Å². The van der Waals surface area contributed by atoms with Crippen molar-refractivity contribution in [2.45, 2.75) is 4.90 Å². The Hall–Kier alpha value is -0.930. The molecule has 0 aliphatic rings. The van der Waals surface area contributed by atoms with Crippen LogP contribution in [-0.2, 0) is 14.8 Å². The van der Waals surface area contributed by atoms with Crippen LogP contribution >= 0.6 is 23.2 Å². The predicted octanol–water partition coefficient (Wildman–Crippen LogP) is 1.78. The molecule has 0 radical (unpaired) electrons. The van der Waals surface area contributed by atoms with Gasteiger partial charge in [-0.05, 0) is 6.07 Å². The number of sulfonamides is 1. The molecule has 0 saturated carbocycles. The molecule has 0 saturated heterocycles. The van der Waals surface area contributed by atoms with E-state index in [9.17, 15) is 18.5 Å². The van der Waals surface area contributed by atoms with Crippen LogP contribution in [0.3, 0.4) is 0 Å². The van der Waals surface area contributed by atoms with E-state index in [1.807, 2.05) is 4.72 Å². The van der Waals surface area contributed by atoms with Crippen LogP contribution in [-0.4, -0.2) is 27.2 Å². The second kappa shape index (κ2) is 5.81. The quantitative estimate of drug-likeness (QED) is 0.507. The number of halogens is 2. The molecular weight excluding hydrogens is 307 g/mol.